The molecule has 2 aromatic carbocycles. The molecule has 2 rings (SSSR count). The van der Waals surface area contributed by atoms with Gasteiger partial charge in [0.1, 0.15) is 18.2 Å². The largest absolute Gasteiger partial charge is 0.486 e. The van der Waals surface area contributed by atoms with Crippen LogP contribution < -0.4 is 15.9 Å². The maximum Gasteiger partial charge on any atom is 0.184 e. The summed E-state index contributed by atoms with van der Waals surface area (Å²) in [6.07, 6.45) is 1.32. The molecule has 0 aliphatic heterocycles. The molecule has 0 bridgehead atoms. The molecule has 4 nitrogen and oxygen atoms in total. The lowest BCUT2D eigenvalue weighted by Crippen LogP contribution is -2.23. The van der Waals surface area contributed by atoms with E-state index in [9.17, 15) is 13.2 Å². The lowest BCUT2D eigenvalue weighted by atomic mass is 10.2. The quantitative estimate of drug-likeness (QED) is 0.500. The smallest absolute Gasteiger partial charge is 0.184 e. The standard InChI is InChI=1S/C15H12F3N3OS/c16-11-2-3-12(17)10(6-11)8-22-14-4-1-9(5-13(14)18)7-20-21-15(19)23/h1-7H,8H2,(H3,19,21,23). The van der Waals surface area contributed by atoms with E-state index >= 15 is 0 Å². The van der Waals surface area contributed by atoms with Gasteiger partial charge in [0.15, 0.2) is 16.7 Å². The molecule has 0 aromatic heterocycles. The zero-order chi connectivity index (χ0) is 16.8. The monoisotopic (exact) mass is 339 g/mol. The Bertz CT molecular complexity index is 753. The first-order valence-corrected chi connectivity index (χ1v) is 6.81. The number of halogens is 3. The van der Waals surface area contributed by atoms with Crippen molar-refractivity contribution in [2.75, 3.05) is 0 Å². The molecule has 0 amide bonds. The zero-order valence-electron chi connectivity index (χ0n) is 11.7. The molecule has 0 saturated carbocycles. The summed E-state index contributed by atoms with van der Waals surface area (Å²) in [7, 11) is 0. The number of nitrogens with zero attached hydrogens (tertiary/aromatic N) is 1. The lowest BCUT2D eigenvalue weighted by molar-refractivity contribution is 0.284. The van der Waals surface area contributed by atoms with Gasteiger partial charge in [-0.25, -0.2) is 13.2 Å². The van der Waals surface area contributed by atoms with E-state index in [1.54, 1.807) is 0 Å². The van der Waals surface area contributed by atoms with Gasteiger partial charge in [-0.1, -0.05) is 0 Å². The van der Waals surface area contributed by atoms with Crippen molar-refractivity contribution >= 4 is 23.5 Å². The number of ether oxygens (including phenoxy) is 1. The molecule has 0 saturated heterocycles. The second-order valence-corrected chi connectivity index (χ2v) is 4.89. The van der Waals surface area contributed by atoms with Crippen LogP contribution in [0, 0.1) is 17.5 Å². The number of benzene rings is 2. The van der Waals surface area contributed by atoms with Crippen LogP contribution in [0.3, 0.4) is 0 Å². The van der Waals surface area contributed by atoms with E-state index in [1.165, 1.54) is 24.4 Å². The molecular weight excluding hydrogens is 327 g/mol. The van der Waals surface area contributed by atoms with Crippen LogP contribution >= 0.6 is 12.2 Å². The van der Waals surface area contributed by atoms with Crippen LogP contribution in [-0.2, 0) is 6.61 Å². The summed E-state index contributed by atoms with van der Waals surface area (Å²) in [5, 5.41) is 3.67. The zero-order valence-corrected chi connectivity index (χ0v) is 12.5. The van der Waals surface area contributed by atoms with Crippen LogP contribution in [0.25, 0.3) is 0 Å². The Hall–Kier alpha value is -2.61. The van der Waals surface area contributed by atoms with E-state index in [2.05, 4.69) is 22.7 Å². The topological polar surface area (TPSA) is 59.6 Å². The maximum atomic E-state index is 13.9. The number of rotatable bonds is 5. The molecule has 2 aromatic rings. The lowest BCUT2D eigenvalue weighted by Gasteiger charge is -2.08. The third-order valence-corrected chi connectivity index (χ3v) is 2.83. The van der Waals surface area contributed by atoms with Gasteiger partial charge >= 0.3 is 0 Å². The van der Waals surface area contributed by atoms with Gasteiger partial charge in [-0.2, -0.15) is 5.10 Å². The second-order valence-electron chi connectivity index (χ2n) is 4.45. The van der Waals surface area contributed by atoms with E-state index in [4.69, 9.17) is 10.5 Å². The normalized spacial score (nSPS) is 10.7. The third-order valence-electron chi connectivity index (χ3n) is 2.74. The van der Waals surface area contributed by atoms with E-state index in [0.717, 1.165) is 18.2 Å². The molecule has 0 radical (unpaired) electrons. The van der Waals surface area contributed by atoms with Gasteiger partial charge in [0, 0.05) is 5.56 Å². The molecule has 23 heavy (non-hydrogen) atoms. The van der Waals surface area contributed by atoms with Gasteiger partial charge in [-0.05, 0) is 54.2 Å². The SMILES string of the molecule is NC(=S)NN=Cc1ccc(OCc2cc(F)ccc2F)c(F)c1. The van der Waals surface area contributed by atoms with Gasteiger partial charge in [0.05, 0.1) is 6.21 Å². The summed E-state index contributed by atoms with van der Waals surface area (Å²) in [5.41, 5.74) is 7.95. The van der Waals surface area contributed by atoms with Crippen molar-refractivity contribution in [3.8, 4) is 5.75 Å². The summed E-state index contributed by atoms with van der Waals surface area (Å²) in [4.78, 5) is 0. The van der Waals surface area contributed by atoms with Crippen molar-refractivity contribution in [1.29, 1.82) is 0 Å². The number of thiocarbonyl (C=S) groups is 1. The molecule has 8 heteroatoms. The van der Waals surface area contributed by atoms with Crippen LogP contribution in [-0.4, -0.2) is 11.3 Å². The number of nitrogens with one attached hydrogen (secondary N) is 1. The molecule has 120 valence electrons. The first-order chi connectivity index (χ1) is 11.0. The Morgan fingerprint density at radius 3 is 2.65 bits per heavy atom. The van der Waals surface area contributed by atoms with E-state index in [-0.39, 0.29) is 23.0 Å². The highest BCUT2D eigenvalue weighted by atomic mass is 32.1. The highest BCUT2D eigenvalue weighted by Crippen LogP contribution is 2.20. The van der Waals surface area contributed by atoms with Gasteiger partial charge in [-0.3, -0.25) is 5.43 Å². The summed E-state index contributed by atoms with van der Waals surface area (Å²) in [6.45, 7) is -0.295. The fraction of sp³-hybridized carbons (Fsp3) is 0.0667. The minimum absolute atomic E-state index is 0.00398. The first-order valence-electron chi connectivity index (χ1n) is 6.40. The average Bonchev–Trinajstić information content (AvgIpc) is 2.49. The Morgan fingerprint density at radius 2 is 1.96 bits per heavy atom. The van der Waals surface area contributed by atoms with Crippen molar-refractivity contribution < 1.29 is 17.9 Å². The summed E-state index contributed by atoms with van der Waals surface area (Å²) < 4.78 is 45.6. The van der Waals surface area contributed by atoms with Gasteiger partial charge in [-0.15, -0.1) is 0 Å². The van der Waals surface area contributed by atoms with Crippen molar-refractivity contribution in [2.24, 2.45) is 10.8 Å². The fourth-order valence-electron chi connectivity index (χ4n) is 1.69. The first kappa shape index (κ1) is 16.8. The second kappa shape index (κ2) is 7.59. The molecular formula is C15H12F3N3OS. The number of hydrazone groups is 1. The van der Waals surface area contributed by atoms with E-state index in [1.807, 2.05) is 0 Å². The predicted octanol–water partition coefficient (Wildman–Crippen LogP) is 2.85. The Kier molecular flexibility index (Phi) is 5.53. The molecule has 0 unspecified atom stereocenters. The molecule has 0 aliphatic rings. The number of hydrogen-bond acceptors (Lipinski definition) is 3. The Labute approximate surface area is 135 Å². The van der Waals surface area contributed by atoms with Crippen LogP contribution in [0.2, 0.25) is 0 Å². The van der Waals surface area contributed by atoms with E-state index in [0.29, 0.717) is 5.56 Å². The minimum Gasteiger partial charge on any atom is -0.486 e. The molecule has 0 heterocycles. The van der Waals surface area contributed by atoms with Crippen LogP contribution in [0.15, 0.2) is 41.5 Å². The maximum absolute atomic E-state index is 13.9. The summed E-state index contributed by atoms with van der Waals surface area (Å²) in [5.74, 6) is -1.98. The Balaban J connectivity index is 2.05. The van der Waals surface area contributed by atoms with Crippen molar-refractivity contribution in [3.05, 3.63) is 65.0 Å². The van der Waals surface area contributed by atoms with Gasteiger partial charge in [0.2, 0.25) is 0 Å². The Morgan fingerprint density at radius 1 is 1.17 bits per heavy atom. The molecule has 3 N–H and O–H groups in total. The number of nitrogens with two attached hydrogens (primary N) is 1. The highest BCUT2D eigenvalue weighted by Gasteiger charge is 2.08. The van der Waals surface area contributed by atoms with Crippen LogP contribution in [0.4, 0.5) is 13.2 Å². The van der Waals surface area contributed by atoms with Crippen LogP contribution in [0.1, 0.15) is 11.1 Å². The highest BCUT2D eigenvalue weighted by molar-refractivity contribution is 7.80. The third kappa shape index (κ3) is 4.96. The molecule has 0 spiro atoms. The summed E-state index contributed by atoms with van der Waals surface area (Å²) >= 11 is 4.56. The minimum atomic E-state index is -0.666. The van der Waals surface area contributed by atoms with Gasteiger partial charge in [0.25, 0.3) is 0 Å². The molecule has 0 fully saturated rings. The molecule has 0 atom stereocenters. The average molecular weight is 339 g/mol. The fourth-order valence-corrected chi connectivity index (χ4v) is 1.75. The summed E-state index contributed by atoms with van der Waals surface area (Å²) in [6, 6.07) is 7.03. The number of hydrogen-bond donors (Lipinski definition) is 2. The van der Waals surface area contributed by atoms with Crippen molar-refractivity contribution in [3.63, 3.8) is 0 Å². The van der Waals surface area contributed by atoms with E-state index < -0.39 is 17.5 Å². The van der Waals surface area contributed by atoms with Crippen molar-refractivity contribution in [1.82, 2.24) is 5.43 Å². The van der Waals surface area contributed by atoms with Crippen LogP contribution in [0.5, 0.6) is 5.75 Å². The van der Waals surface area contributed by atoms with Crippen molar-refractivity contribution in [2.45, 2.75) is 6.61 Å². The molecule has 0 aliphatic carbocycles. The predicted molar refractivity (Wildman–Crippen MR) is 84.6 cm³/mol. The van der Waals surface area contributed by atoms with Gasteiger partial charge < -0.3 is 10.5 Å².